The van der Waals surface area contributed by atoms with Crippen LogP contribution in [0.25, 0.3) is 0 Å². The molecule has 0 spiro atoms. The van der Waals surface area contributed by atoms with Crippen molar-refractivity contribution in [3.63, 3.8) is 0 Å². The summed E-state index contributed by atoms with van der Waals surface area (Å²) < 4.78 is 42.7. The van der Waals surface area contributed by atoms with E-state index in [1.165, 1.54) is 48.5 Å². The number of nitrogens with zero attached hydrogens (tertiary/aromatic N) is 2. The molecule has 0 fully saturated rings. The van der Waals surface area contributed by atoms with Crippen molar-refractivity contribution in [1.82, 2.24) is 5.43 Å². The highest BCUT2D eigenvalue weighted by Crippen LogP contribution is 2.49. The number of alkyl halides is 3. The lowest BCUT2D eigenvalue weighted by molar-refractivity contribution is -0.384. The lowest BCUT2D eigenvalue weighted by atomic mass is 9.86. The van der Waals surface area contributed by atoms with Crippen molar-refractivity contribution < 1.29 is 27.7 Å². The van der Waals surface area contributed by atoms with Crippen LogP contribution in [0.1, 0.15) is 27.9 Å². The maximum Gasteiger partial charge on any atom is 0.435 e. The van der Waals surface area contributed by atoms with Crippen LogP contribution in [0.5, 0.6) is 0 Å². The highest BCUT2D eigenvalue weighted by molar-refractivity contribution is 6.34. The van der Waals surface area contributed by atoms with E-state index in [0.717, 1.165) is 12.1 Å². The molecule has 37 heavy (non-hydrogen) atoms. The fraction of sp³-hybridized carbons (Fsp3) is 0.130. The Morgan fingerprint density at radius 3 is 2.27 bits per heavy atom. The van der Waals surface area contributed by atoms with Crippen LogP contribution in [-0.2, 0) is 10.4 Å². The van der Waals surface area contributed by atoms with E-state index in [0.29, 0.717) is 0 Å². The first-order valence-electron chi connectivity index (χ1n) is 10.3. The number of non-ortho nitro benzene ring substituents is 1. The van der Waals surface area contributed by atoms with Gasteiger partial charge in [-0.05, 0) is 42.5 Å². The van der Waals surface area contributed by atoms with Gasteiger partial charge in [0.25, 0.3) is 17.2 Å². The van der Waals surface area contributed by atoms with Crippen molar-refractivity contribution in [2.75, 3.05) is 5.43 Å². The maximum absolute atomic E-state index is 14.2. The number of nitrogens with one attached hydrogen (secondary N) is 2. The van der Waals surface area contributed by atoms with E-state index in [9.17, 15) is 28.1 Å². The van der Waals surface area contributed by atoms with Crippen molar-refractivity contribution in [3.05, 3.63) is 103 Å². The minimum absolute atomic E-state index is 0.00455. The summed E-state index contributed by atoms with van der Waals surface area (Å²) >= 11 is 18.0. The van der Waals surface area contributed by atoms with Crippen LogP contribution in [-0.4, -0.2) is 22.7 Å². The molecular weight excluding hydrogens is 560 g/mol. The van der Waals surface area contributed by atoms with Crippen LogP contribution in [0.4, 0.5) is 24.5 Å². The molecule has 3 aromatic rings. The Bertz CT molecular complexity index is 1400. The van der Waals surface area contributed by atoms with Gasteiger partial charge in [-0.2, -0.15) is 13.2 Å². The van der Waals surface area contributed by atoms with E-state index in [1.54, 1.807) is 0 Å². The molecule has 3 aromatic carbocycles. The number of carbonyl (C=O) groups excluding carboxylic acids is 1. The summed E-state index contributed by atoms with van der Waals surface area (Å²) in [6.45, 7) is 0. The van der Waals surface area contributed by atoms with Gasteiger partial charge in [-0.15, -0.1) is 0 Å². The summed E-state index contributed by atoms with van der Waals surface area (Å²) in [7, 11) is 0. The first kappa shape index (κ1) is 26.5. The third-order valence-electron chi connectivity index (χ3n) is 5.47. The van der Waals surface area contributed by atoms with Crippen molar-refractivity contribution in [1.29, 1.82) is 0 Å². The summed E-state index contributed by atoms with van der Waals surface area (Å²) in [6.07, 6.45) is -5.54. The van der Waals surface area contributed by atoms with Gasteiger partial charge in [0.05, 0.1) is 21.3 Å². The molecule has 1 atom stereocenters. The number of carbonyl (C=O) groups is 1. The van der Waals surface area contributed by atoms with Crippen LogP contribution in [0.15, 0.2) is 65.8 Å². The first-order chi connectivity index (χ1) is 17.4. The Morgan fingerprint density at radius 1 is 1.03 bits per heavy atom. The number of hydrogen-bond donors (Lipinski definition) is 2. The zero-order chi connectivity index (χ0) is 27.0. The summed E-state index contributed by atoms with van der Waals surface area (Å²) in [5.74, 6) is -0.633. The minimum Gasteiger partial charge on any atom is -0.374 e. The van der Waals surface area contributed by atoms with E-state index in [4.69, 9.17) is 39.6 Å². The average molecular weight is 574 g/mol. The Morgan fingerprint density at radius 2 is 1.68 bits per heavy atom. The van der Waals surface area contributed by atoms with Gasteiger partial charge < -0.3 is 4.84 Å². The molecule has 0 radical (unpaired) electrons. The number of hydrogen-bond acceptors (Lipinski definition) is 6. The quantitative estimate of drug-likeness (QED) is 0.247. The second-order valence-electron chi connectivity index (χ2n) is 7.87. The Balaban J connectivity index is 1.54. The van der Waals surface area contributed by atoms with Gasteiger partial charge in [0.2, 0.25) is 0 Å². The normalized spacial score (nSPS) is 17.1. The molecule has 1 aliphatic rings. The maximum atomic E-state index is 14.2. The predicted octanol–water partition coefficient (Wildman–Crippen LogP) is 6.89. The molecule has 1 aliphatic heterocycles. The number of amides is 1. The van der Waals surface area contributed by atoms with E-state index in [2.05, 4.69) is 16.0 Å². The van der Waals surface area contributed by atoms with Gasteiger partial charge in [0.15, 0.2) is 0 Å². The number of nitro benzene ring substituents is 1. The lowest BCUT2D eigenvalue weighted by Crippen LogP contribution is -2.42. The molecule has 0 aliphatic carbocycles. The SMILES string of the molecule is O=C(NNc1cc(C2=NOC(c3cc(Cl)cc(Cl)c3)(C(F)(F)F)C2)ccc1Cl)c1ccc([N+](=O)[O-])cc1. The van der Waals surface area contributed by atoms with Gasteiger partial charge in [0.1, 0.15) is 0 Å². The summed E-state index contributed by atoms with van der Waals surface area (Å²) in [5.41, 5.74) is 2.16. The number of hydrazine groups is 1. The molecule has 192 valence electrons. The summed E-state index contributed by atoms with van der Waals surface area (Å²) in [6, 6.07) is 12.6. The molecule has 0 saturated heterocycles. The van der Waals surface area contributed by atoms with Gasteiger partial charge in [0, 0.05) is 45.3 Å². The molecule has 2 N–H and O–H groups in total. The van der Waals surface area contributed by atoms with Crippen molar-refractivity contribution in [2.45, 2.75) is 18.2 Å². The minimum atomic E-state index is -4.86. The number of nitro groups is 1. The monoisotopic (exact) mass is 572 g/mol. The molecule has 1 amide bonds. The second-order valence-corrected chi connectivity index (χ2v) is 9.15. The number of oxime groups is 1. The highest BCUT2D eigenvalue weighted by Gasteiger charge is 2.62. The molecular formula is C23H14Cl3F3N4O4. The smallest absolute Gasteiger partial charge is 0.374 e. The zero-order valence-electron chi connectivity index (χ0n) is 18.3. The van der Waals surface area contributed by atoms with Crippen LogP contribution < -0.4 is 10.9 Å². The van der Waals surface area contributed by atoms with Crippen molar-refractivity contribution in [3.8, 4) is 0 Å². The predicted molar refractivity (Wildman–Crippen MR) is 132 cm³/mol. The summed E-state index contributed by atoms with van der Waals surface area (Å²) in [5, 5.41) is 14.6. The third kappa shape index (κ3) is 5.43. The standard InChI is InChI=1S/C23H14Cl3F3N4O4/c24-15-8-14(9-16(25)10-15)22(23(27,28)29)11-20(32-37-22)13-3-6-18(26)19(7-13)30-31-21(34)12-1-4-17(5-2-12)33(35)36/h1-10,30H,11H2,(H,31,34). The van der Waals surface area contributed by atoms with E-state index >= 15 is 0 Å². The van der Waals surface area contributed by atoms with E-state index in [1.807, 2.05) is 0 Å². The van der Waals surface area contributed by atoms with Gasteiger partial charge >= 0.3 is 6.18 Å². The fourth-order valence-corrected chi connectivity index (χ4v) is 4.27. The van der Waals surface area contributed by atoms with Gasteiger partial charge in [-0.25, -0.2) is 0 Å². The van der Waals surface area contributed by atoms with Gasteiger partial charge in [-0.1, -0.05) is 46.0 Å². The Labute approximate surface area is 222 Å². The summed E-state index contributed by atoms with van der Waals surface area (Å²) in [4.78, 5) is 27.5. The molecule has 0 bridgehead atoms. The Hall–Kier alpha value is -3.54. The number of halogens is 6. The second kappa shape index (κ2) is 10.1. The lowest BCUT2D eigenvalue weighted by Gasteiger charge is -2.29. The van der Waals surface area contributed by atoms with Crippen LogP contribution in [0.2, 0.25) is 15.1 Å². The van der Waals surface area contributed by atoms with Crippen LogP contribution in [0.3, 0.4) is 0 Å². The highest BCUT2D eigenvalue weighted by atomic mass is 35.5. The topological polar surface area (TPSA) is 106 Å². The Kier molecular flexibility index (Phi) is 7.22. The molecule has 14 heteroatoms. The number of benzene rings is 3. The van der Waals surface area contributed by atoms with E-state index in [-0.39, 0.29) is 48.8 Å². The van der Waals surface area contributed by atoms with E-state index < -0.39 is 29.0 Å². The number of rotatable bonds is 6. The number of anilines is 1. The van der Waals surface area contributed by atoms with Gasteiger partial charge in [-0.3, -0.25) is 25.8 Å². The van der Waals surface area contributed by atoms with Crippen LogP contribution in [0, 0.1) is 10.1 Å². The molecule has 4 rings (SSSR count). The first-order valence-corrected chi connectivity index (χ1v) is 11.4. The van der Waals surface area contributed by atoms with Crippen LogP contribution >= 0.6 is 34.8 Å². The van der Waals surface area contributed by atoms with Crippen molar-refractivity contribution >= 4 is 57.8 Å². The average Bonchev–Trinajstić information content (AvgIpc) is 3.30. The third-order valence-corrected chi connectivity index (χ3v) is 6.23. The zero-order valence-corrected chi connectivity index (χ0v) is 20.5. The molecule has 0 aromatic heterocycles. The van der Waals surface area contributed by atoms with Crippen molar-refractivity contribution in [2.24, 2.45) is 5.16 Å². The molecule has 0 saturated carbocycles. The molecule has 1 unspecified atom stereocenters. The molecule has 8 nitrogen and oxygen atoms in total. The fourth-order valence-electron chi connectivity index (χ4n) is 3.58. The molecule has 1 heterocycles. The largest absolute Gasteiger partial charge is 0.435 e.